The molecule has 1 saturated carbocycles. The van der Waals surface area contributed by atoms with Gasteiger partial charge in [0.25, 0.3) is 0 Å². The van der Waals surface area contributed by atoms with Crippen LogP contribution in [0, 0.1) is 0 Å². The van der Waals surface area contributed by atoms with Crippen LogP contribution < -0.4 is 0 Å². The van der Waals surface area contributed by atoms with E-state index in [4.69, 9.17) is 0 Å². The Morgan fingerprint density at radius 3 is 2.23 bits per heavy atom. The number of amides is 1. The molecular weight excluding hydrogens is 392 g/mol. The van der Waals surface area contributed by atoms with Gasteiger partial charge in [-0.1, -0.05) is 60.3 Å². The molecule has 0 spiro atoms. The Balaban J connectivity index is 1.51. The first-order valence-corrected chi connectivity index (χ1v) is 11.7. The topological polar surface area (TPSA) is 51.0 Å². The summed E-state index contributed by atoms with van der Waals surface area (Å²) >= 11 is 1.53. The summed E-state index contributed by atoms with van der Waals surface area (Å²) in [5.74, 6) is 1.67. The number of para-hydroxylation sites is 1. The van der Waals surface area contributed by atoms with E-state index in [-0.39, 0.29) is 11.2 Å². The van der Waals surface area contributed by atoms with Crippen molar-refractivity contribution < 1.29 is 4.79 Å². The largest absolute Gasteiger partial charge is 0.341 e. The minimum absolute atomic E-state index is 0.182. The van der Waals surface area contributed by atoms with Gasteiger partial charge in [0.15, 0.2) is 5.16 Å². The average molecular weight is 419 g/mol. The van der Waals surface area contributed by atoms with Gasteiger partial charge in [-0.3, -0.25) is 9.36 Å². The SMILES string of the molecule is O=C([C@H](Sc1nnc(C2CC2)n1-c1ccccc1)c1ccccc1)N1CCCCC1. The lowest BCUT2D eigenvalue weighted by Gasteiger charge is -2.30. The number of hydrogen-bond donors (Lipinski definition) is 0. The van der Waals surface area contributed by atoms with Crippen LogP contribution in [0.25, 0.3) is 5.69 Å². The van der Waals surface area contributed by atoms with Crippen LogP contribution in [0.2, 0.25) is 0 Å². The Hall–Kier alpha value is -2.60. The first kappa shape index (κ1) is 19.4. The van der Waals surface area contributed by atoms with E-state index in [1.807, 2.05) is 53.4 Å². The summed E-state index contributed by atoms with van der Waals surface area (Å²) in [5.41, 5.74) is 2.08. The maximum atomic E-state index is 13.6. The molecule has 0 bridgehead atoms. The third-order valence-corrected chi connectivity index (χ3v) is 7.02. The lowest BCUT2D eigenvalue weighted by atomic mass is 10.1. The van der Waals surface area contributed by atoms with Gasteiger partial charge in [-0.2, -0.15) is 0 Å². The van der Waals surface area contributed by atoms with Crippen molar-refractivity contribution in [2.45, 2.75) is 48.4 Å². The second-order valence-corrected chi connectivity index (χ2v) is 9.15. The van der Waals surface area contributed by atoms with Gasteiger partial charge in [-0.25, -0.2) is 0 Å². The fraction of sp³-hybridized carbons (Fsp3) is 0.375. The summed E-state index contributed by atoms with van der Waals surface area (Å²) in [6.07, 6.45) is 5.70. The van der Waals surface area contributed by atoms with Crippen LogP contribution in [0.3, 0.4) is 0 Å². The molecule has 30 heavy (non-hydrogen) atoms. The van der Waals surface area contributed by atoms with E-state index in [2.05, 4.69) is 26.9 Å². The van der Waals surface area contributed by atoms with Crippen LogP contribution in [-0.2, 0) is 4.79 Å². The average Bonchev–Trinajstić information content (AvgIpc) is 3.58. The molecule has 1 atom stereocenters. The highest BCUT2D eigenvalue weighted by atomic mass is 32.2. The van der Waals surface area contributed by atoms with Crippen LogP contribution in [0.15, 0.2) is 65.8 Å². The molecule has 6 heteroatoms. The quantitative estimate of drug-likeness (QED) is 0.529. The van der Waals surface area contributed by atoms with Crippen LogP contribution >= 0.6 is 11.8 Å². The van der Waals surface area contributed by atoms with Gasteiger partial charge in [0, 0.05) is 24.7 Å². The summed E-state index contributed by atoms with van der Waals surface area (Å²) in [4.78, 5) is 15.6. The predicted octanol–water partition coefficient (Wildman–Crippen LogP) is 4.99. The van der Waals surface area contributed by atoms with E-state index in [0.29, 0.717) is 5.92 Å². The van der Waals surface area contributed by atoms with Crippen LogP contribution in [0.4, 0.5) is 0 Å². The number of carbonyl (C=O) groups excluding carboxylic acids is 1. The van der Waals surface area contributed by atoms with Crippen LogP contribution in [-0.4, -0.2) is 38.7 Å². The Kier molecular flexibility index (Phi) is 5.58. The molecule has 5 nitrogen and oxygen atoms in total. The van der Waals surface area contributed by atoms with Gasteiger partial charge < -0.3 is 4.90 Å². The van der Waals surface area contributed by atoms with Crippen molar-refractivity contribution in [3.05, 3.63) is 72.1 Å². The van der Waals surface area contributed by atoms with Gasteiger partial charge in [0.1, 0.15) is 11.1 Å². The molecule has 1 saturated heterocycles. The molecule has 0 N–H and O–H groups in total. The number of rotatable bonds is 6. The third-order valence-electron chi connectivity index (χ3n) is 5.83. The van der Waals surface area contributed by atoms with Gasteiger partial charge in [0.2, 0.25) is 5.91 Å². The summed E-state index contributed by atoms with van der Waals surface area (Å²) in [6.45, 7) is 1.70. The molecular formula is C24H26N4OS. The molecule has 3 aromatic rings. The number of thioether (sulfide) groups is 1. The second-order valence-electron chi connectivity index (χ2n) is 8.08. The summed E-state index contributed by atoms with van der Waals surface area (Å²) in [5, 5.41) is 9.57. The van der Waals surface area contributed by atoms with Gasteiger partial charge in [-0.05, 0) is 49.8 Å². The zero-order chi connectivity index (χ0) is 20.3. The standard InChI is InChI=1S/C24H26N4OS/c29-23(27-16-8-3-9-17-27)21(18-10-4-1-5-11-18)30-24-26-25-22(19-14-15-19)28(24)20-12-6-2-7-13-20/h1-2,4-7,10-13,19,21H,3,8-9,14-17H2/t21-/m1/s1. The molecule has 154 valence electrons. The van der Waals surface area contributed by atoms with Crippen molar-refractivity contribution in [2.75, 3.05) is 13.1 Å². The minimum Gasteiger partial charge on any atom is -0.341 e. The Bertz CT molecular complexity index is 995. The van der Waals surface area contributed by atoms with E-state index < -0.39 is 0 Å². The Labute approximate surface area is 181 Å². The molecule has 1 aliphatic heterocycles. The zero-order valence-electron chi connectivity index (χ0n) is 17.0. The van der Waals surface area contributed by atoms with E-state index in [1.165, 1.54) is 18.2 Å². The number of benzene rings is 2. The van der Waals surface area contributed by atoms with Crippen LogP contribution in [0.1, 0.15) is 54.7 Å². The maximum Gasteiger partial charge on any atom is 0.240 e. The molecule has 2 fully saturated rings. The van der Waals surface area contributed by atoms with Gasteiger partial charge in [-0.15, -0.1) is 10.2 Å². The number of piperidine rings is 1. The smallest absolute Gasteiger partial charge is 0.240 e. The molecule has 1 aliphatic carbocycles. The zero-order valence-corrected chi connectivity index (χ0v) is 17.8. The van der Waals surface area contributed by atoms with Crippen molar-refractivity contribution in [3.63, 3.8) is 0 Å². The molecule has 2 aliphatic rings. The fourth-order valence-electron chi connectivity index (χ4n) is 4.06. The van der Waals surface area contributed by atoms with E-state index >= 15 is 0 Å². The lowest BCUT2D eigenvalue weighted by Crippen LogP contribution is -2.38. The number of aromatic nitrogens is 3. The van der Waals surface area contributed by atoms with Crippen molar-refractivity contribution >= 4 is 17.7 Å². The van der Waals surface area contributed by atoms with Crippen molar-refractivity contribution in [2.24, 2.45) is 0 Å². The molecule has 2 aromatic carbocycles. The number of likely N-dealkylation sites (tertiary alicyclic amines) is 1. The normalized spacial score (nSPS) is 17.7. The summed E-state index contributed by atoms with van der Waals surface area (Å²) < 4.78 is 2.15. The molecule has 0 radical (unpaired) electrons. The Morgan fingerprint density at radius 1 is 0.900 bits per heavy atom. The first-order chi connectivity index (χ1) is 14.8. The molecule has 5 rings (SSSR count). The van der Waals surface area contributed by atoms with E-state index in [0.717, 1.165) is 61.0 Å². The Morgan fingerprint density at radius 2 is 1.57 bits per heavy atom. The second kappa shape index (κ2) is 8.64. The summed E-state index contributed by atoms with van der Waals surface area (Å²) in [6, 6.07) is 20.4. The highest BCUT2D eigenvalue weighted by molar-refractivity contribution is 8.00. The monoisotopic (exact) mass is 418 g/mol. The maximum absolute atomic E-state index is 13.6. The lowest BCUT2D eigenvalue weighted by molar-refractivity contribution is -0.131. The third kappa shape index (κ3) is 4.01. The van der Waals surface area contributed by atoms with Gasteiger partial charge >= 0.3 is 0 Å². The predicted molar refractivity (Wildman–Crippen MR) is 119 cm³/mol. The van der Waals surface area contributed by atoms with Gasteiger partial charge in [0.05, 0.1) is 0 Å². The molecule has 2 heterocycles. The van der Waals surface area contributed by atoms with E-state index in [1.54, 1.807) is 0 Å². The molecule has 1 aromatic heterocycles. The van der Waals surface area contributed by atoms with E-state index in [9.17, 15) is 4.79 Å². The molecule has 0 unspecified atom stereocenters. The number of nitrogens with zero attached hydrogens (tertiary/aromatic N) is 4. The van der Waals surface area contributed by atoms with Crippen molar-refractivity contribution in [1.82, 2.24) is 19.7 Å². The van der Waals surface area contributed by atoms with Crippen molar-refractivity contribution in [3.8, 4) is 5.69 Å². The first-order valence-electron chi connectivity index (χ1n) is 10.8. The number of carbonyl (C=O) groups is 1. The van der Waals surface area contributed by atoms with Crippen molar-refractivity contribution in [1.29, 1.82) is 0 Å². The molecule has 1 amide bonds. The highest BCUT2D eigenvalue weighted by Crippen LogP contribution is 2.43. The minimum atomic E-state index is -0.317. The summed E-state index contributed by atoms with van der Waals surface area (Å²) in [7, 11) is 0. The van der Waals surface area contributed by atoms with Crippen LogP contribution in [0.5, 0.6) is 0 Å². The number of hydrogen-bond acceptors (Lipinski definition) is 4. The fourth-order valence-corrected chi connectivity index (χ4v) is 5.20. The highest BCUT2D eigenvalue weighted by Gasteiger charge is 2.34.